The molecule has 0 heterocycles. The minimum absolute atomic E-state index is 0.0715. The molecule has 0 saturated carbocycles. The third-order valence-corrected chi connectivity index (χ3v) is 1.96. The van der Waals surface area contributed by atoms with E-state index in [-0.39, 0.29) is 11.4 Å². The number of rotatable bonds is 5. The van der Waals surface area contributed by atoms with E-state index in [0.29, 0.717) is 13.2 Å². The molecular weight excluding hydrogens is 216 g/mol. The van der Waals surface area contributed by atoms with Crippen molar-refractivity contribution in [2.75, 3.05) is 18.9 Å². The second-order valence-electron chi connectivity index (χ2n) is 3.37. The van der Waals surface area contributed by atoms with E-state index >= 15 is 0 Å². The van der Waals surface area contributed by atoms with Gasteiger partial charge in [-0.25, -0.2) is 4.39 Å². The smallest absolute Gasteiger partial charge is 0.202 e. The Labute approximate surface area is 93.2 Å². The van der Waals surface area contributed by atoms with Crippen LogP contribution in [0.2, 0.25) is 0 Å². The molecule has 1 rings (SSSR count). The fourth-order valence-corrected chi connectivity index (χ4v) is 1.19. The van der Waals surface area contributed by atoms with Crippen LogP contribution in [0.5, 0.6) is 5.75 Å². The molecule has 90 valence electrons. The highest BCUT2D eigenvalue weighted by Crippen LogP contribution is 2.28. The summed E-state index contributed by atoms with van der Waals surface area (Å²) in [6.45, 7) is 4.37. The molecule has 1 aromatic rings. The van der Waals surface area contributed by atoms with Gasteiger partial charge in [-0.1, -0.05) is 0 Å². The molecular formula is C11H15F2NO2. The number of nitrogen functional groups attached to an aromatic ring is 1. The van der Waals surface area contributed by atoms with E-state index < -0.39 is 17.7 Å². The highest BCUT2D eigenvalue weighted by atomic mass is 19.2. The van der Waals surface area contributed by atoms with E-state index in [1.165, 1.54) is 6.07 Å². The number of halogens is 2. The lowest BCUT2D eigenvalue weighted by Crippen LogP contribution is -2.20. The standard InChI is InChI=1S/C11H15F2NO2/c1-3-15-6-7(2)16-11-9(14)5-4-8(12)10(11)13/h4-5,7H,3,6,14H2,1-2H3. The molecule has 0 spiro atoms. The maximum Gasteiger partial charge on any atom is 0.202 e. The summed E-state index contributed by atoms with van der Waals surface area (Å²) in [4.78, 5) is 0. The fraction of sp³-hybridized carbons (Fsp3) is 0.455. The van der Waals surface area contributed by atoms with Crippen molar-refractivity contribution in [2.24, 2.45) is 0 Å². The Morgan fingerprint density at radius 1 is 1.38 bits per heavy atom. The van der Waals surface area contributed by atoms with Crippen molar-refractivity contribution in [3.05, 3.63) is 23.8 Å². The van der Waals surface area contributed by atoms with Crippen LogP contribution in [0.15, 0.2) is 12.1 Å². The Morgan fingerprint density at radius 3 is 2.69 bits per heavy atom. The molecule has 0 aromatic heterocycles. The van der Waals surface area contributed by atoms with E-state index in [9.17, 15) is 8.78 Å². The molecule has 1 unspecified atom stereocenters. The topological polar surface area (TPSA) is 44.5 Å². The van der Waals surface area contributed by atoms with E-state index in [2.05, 4.69) is 0 Å². The predicted molar refractivity (Wildman–Crippen MR) is 57.4 cm³/mol. The first-order chi connectivity index (χ1) is 7.56. The largest absolute Gasteiger partial charge is 0.483 e. The second-order valence-corrected chi connectivity index (χ2v) is 3.37. The number of ether oxygens (including phenoxy) is 2. The Morgan fingerprint density at radius 2 is 2.06 bits per heavy atom. The second kappa shape index (κ2) is 5.65. The van der Waals surface area contributed by atoms with Gasteiger partial charge in [0, 0.05) is 6.61 Å². The van der Waals surface area contributed by atoms with Crippen LogP contribution >= 0.6 is 0 Å². The molecule has 0 amide bonds. The lowest BCUT2D eigenvalue weighted by molar-refractivity contribution is 0.0637. The van der Waals surface area contributed by atoms with Crippen LogP contribution in [0.25, 0.3) is 0 Å². The summed E-state index contributed by atoms with van der Waals surface area (Å²) in [7, 11) is 0. The molecule has 0 aliphatic heterocycles. The van der Waals surface area contributed by atoms with Crippen molar-refractivity contribution in [3.63, 3.8) is 0 Å². The highest BCUT2D eigenvalue weighted by Gasteiger charge is 2.15. The Kier molecular flexibility index (Phi) is 4.49. The third-order valence-electron chi connectivity index (χ3n) is 1.96. The predicted octanol–water partition coefficient (Wildman–Crippen LogP) is 2.35. The molecule has 0 fully saturated rings. The monoisotopic (exact) mass is 231 g/mol. The molecule has 0 bridgehead atoms. The van der Waals surface area contributed by atoms with Crippen LogP contribution in [0, 0.1) is 11.6 Å². The van der Waals surface area contributed by atoms with Gasteiger partial charge in [-0.2, -0.15) is 4.39 Å². The summed E-state index contributed by atoms with van der Waals surface area (Å²) in [6, 6.07) is 2.23. The Balaban J connectivity index is 2.76. The van der Waals surface area contributed by atoms with Gasteiger partial charge >= 0.3 is 0 Å². The molecule has 1 aromatic carbocycles. The van der Waals surface area contributed by atoms with Gasteiger partial charge in [-0.15, -0.1) is 0 Å². The van der Waals surface area contributed by atoms with Gasteiger partial charge in [0.15, 0.2) is 11.6 Å². The maximum atomic E-state index is 13.3. The van der Waals surface area contributed by atoms with Crippen LogP contribution in [0.1, 0.15) is 13.8 Å². The zero-order chi connectivity index (χ0) is 12.1. The molecule has 0 radical (unpaired) electrons. The minimum Gasteiger partial charge on any atom is -0.483 e. The van der Waals surface area contributed by atoms with Crippen LogP contribution in [0.3, 0.4) is 0 Å². The van der Waals surface area contributed by atoms with Gasteiger partial charge in [-0.05, 0) is 26.0 Å². The van der Waals surface area contributed by atoms with Gasteiger partial charge < -0.3 is 15.2 Å². The number of hydrogen-bond acceptors (Lipinski definition) is 3. The average Bonchev–Trinajstić information content (AvgIpc) is 2.27. The van der Waals surface area contributed by atoms with E-state index in [1.807, 2.05) is 6.92 Å². The normalized spacial score (nSPS) is 12.5. The van der Waals surface area contributed by atoms with Crippen molar-refractivity contribution >= 4 is 5.69 Å². The van der Waals surface area contributed by atoms with E-state index in [1.54, 1.807) is 6.92 Å². The molecule has 0 aliphatic carbocycles. The summed E-state index contributed by atoms with van der Waals surface area (Å²) in [5, 5.41) is 0. The highest BCUT2D eigenvalue weighted by molar-refractivity contribution is 5.53. The molecule has 2 N–H and O–H groups in total. The number of anilines is 1. The summed E-state index contributed by atoms with van der Waals surface area (Å²) in [5.74, 6) is -2.30. The first kappa shape index (κ1) is 12.7. The molecule has 5 heteroatoms. The summed E-state index contributed by atoms with van der Waals surface area (Å²) < 4.78 is 36.5. The first-order valence-corrected chi connectivity index (χ1v) is 5.04. The summed E-state index contributed by atoms with van der Waals surface area (Å²) in [5.41, 5.74) is 5.57. The van der Waals surface area contributed by atoms with Crippen LogP contribution in [-0.4, -0.2) is 19.3 Å². The Hall–Kier alpha value is -1.36. The van der Waals surface area contributed by atoms with Crippen molar-refractivity contribution in [3.8, 4) is 5.75 Å². The van der Waals surface area contributed by atoms with E-state index in [0.717, 1.165) is 6.07 Å². The number of hydrogen-bond donors (Lipinski definition) is 1. The molecule has 3 nitrogen and oxygen atoms in total. The van der Waals surface area contributed by atoms with Gasteiger partial charge in [0.25, 0.3) is 0 Å². The third kappa shape index (κ3) is 3.06. The number of nitrogens with two attached hydrogens (primary N) is 1. The fourth-order valence-electron chi connectivity index (χ4n) is 1.19. The lowest BCUT2D eigenvalue weighted by Gasteiger charge is -2.16. The van der Waals surface area contributed by atoms with Gasteiger partial charge in [0.1, 0.15) is 6.10 Å². The summed E-state index contributed by atoms with van der Waals surface area (Å²) >= 11 is 0. The van der Waals surface area contributed by atoms with Gasteiger partial charge in [-0.3, -0.25) is 0 Å². The average molecular weight is 231 g/mol. The zero-order valence-corrected chi connectivity index (χ0v) is 9.30. The molecule has 1 atom stereocenters. The summed E-state index contributed by atoms with van der Waals surface area (Å²) in [6.07, 6.45) is -0.390. The minimum atomic E-state index is -1.07. The van der Waals surface area contributed by atoms with Crippen LogP contribution in [0.4, 0.5) is 14.5 Å². The Bertz CT molecular complexity index is 358. The maximum absolute atomic E-state index is 13.3. The molecule has 0 aliphatic rings. The number of benzene rings is 1. The van der Waals surface area contributed by atoms with Crippen molar-refractivity contribution in [1.29, 1.82) is 0 Å². The first-order valence-electron chi connectivity index (χ1n) is 5.04. The van der Waals surface area contributed by atoms with Crippen molar-refractivity contribution in [1.82, 2.24) is 0 Å². The van der Waals surface area contributed by atoms with Crippen LogP contribution < -0.4 is 10.5 Å². The van der Waals surface area contributed by atoms with Gasteiger partial charge in [0.05, 0.1) is 12.3 Å². The molecule has 16 heavy (non-hydrogen) atoms. The van der Waals surface area contributed by atoms with Crippen molar-refractivity contribution in [2.45, 2.75) is 20.0 Å². The zero-order valence-electron chi connectivity index (χ0n) is 9.30. The van der Waals surface area contributed by atoms with Crippen LogP contribution in [-0.2, 0) is 4.74 Å². The van der Waals surface area contributed by atoms with Gasteiger partial charge in [0.2, 0.25) is 5.82 Å². The molecule has 0 saturated heterocycles. The van der Waals surface area contributed by atoms with Crippen molar-refractivity contribution < 1.29 is 18.3 Å². The SMILES string of the molecule is CCOCC(C)Oc1c(N)ccc(F)c1F. The quantitative estimate of drug-likeness (QED) is 0.791. The lowest BCUT2D eigenvalue weighted by atomic mass is 10.2. The van der Waals surface area contributed by atoms with E-state index in [4.69, 9.17) is 15.2 Å².